The third-order valence-corrected chi connectivity index (χ3v) is 2.22. The number of nitrogens with one attached hydrogen (secondary N) is 1. The van der Waals surface area contributed by atoms with E-state index in [1.165, 1.54) is 12.3 Å². The lowest BCUT2D eigenvalue weighted by Gasteiger charge is -2.06. The van der Waals surface area contributed by atoms with E-state index in [1.807, 2.05) is 0 Å². The third-order valence-electron chi connectivity index (χ3n) is 1.78. The van der Waals surface area contributed by atoms with Gasteiger partial charge in [0.05, 0.1) is 4.92 Å². The maximum Gasteiger partial charge on any atom is 0.332 e. The fourth-order valence-corrected chi connectivity index (χ4v) is 1.39. The first-order valence-electron chi connectivity index (χ1n) is 4.84. The summed E-state index contributed by atoms with van der Waals surface area (Å²) in [5.41, 5.74) is -0.204. The van der Waals surface area contributed by atoms with Crippen LogP contribution < -0.4 is 10.1 Å². The molecule has 1 aromatic rings. The Kier molecular flexibility index (Phi) is 5.78. The largest absolute Gasteiger partial charge is 0.471 e. The van der Waals surface area contributed by atoms with Crippen molar-refractivity contribution >= 4 is 21.6 Å². The van der Waals surface area contributed by atoms with Crippen LogP contribution >= 0.6 is 15.9 Å². The van der Waals surface area contributed by atoms with Crippen molar-refractivity contribution in [3.05, 3.63) is 26.9 Å². The van der Waals surface area contributed by atoms with Crippen LogP contribution in [0.1, 0.15) is 0 Å². The van der Waals surface area contributed by atoms with Crippen LogP contribution in [0.15, 0.2) is 16.7 Å². The van der Waals surface area contributed by atoms with Crippen molar-refractivity contribution in [3.8, 4) is 5.88 Å². The van der Waals surface area contributed by atoms with Crippen molar-refractivity contribution in [2.24, 2.45) is 0 Å². The highest BCUT2D eigenvalue weighted by Crippen LogP contribution is 2.26. The van der Waals surface area contributed by atoms with E-state index in [0.29, 0.717) is 11.0 Å². The molecule has 6 nitrogen and oxygen atoms in total. The fourth-order valence-electron chi connectivity index (χ4n) is 1.07. The highest BCUT2D eigenvalue weighted by atomic mass is 79.9. The number of hydrogen-bond acceptors (Lipinski definition) is 5. The Morgan fingerprint density at radius 2 is 2.35 bits per heavy atom. The Hall–Kier alpha value is -1.28. The molecule has 0 unspecified atom stereocenters. The van der Waals surface area contributed by atoms with Crippen LogP contribution in [0.3, 0.4) is 0 Å². The van der Waals surface area contributed by atoms with Crippen molar-refractivity contribution in [1.29, 1.82) is 0 Å². The first-order chi connectivity index (χ1) is 8.15. The molecule has 0 spiro atoms. The Morgan fingerprint density at radius 1 is 1.59 bits per heavy atom. The summed E-state index contributed by atoms with van der Waals surface area (Å²) in [7, 11) is 0. The molecule has 0 amide bonds. The van der Waals surface area contributed by atoms with Gasteiger partial charge in [-0.3, -0.25) is 10.1 Å². The molecule has 0 bridgehead atoms. The van der Waals surface area contributed by atoms with Gasteiger partial charge in [-0.25, -0.2) is 9.37 Å². The van der Waals surface area contributed by atoms with Gasteiger partial charge in [-0.1, -0.05) is 0 Å². The molecule has 0 atom stereocenters. The molecule has 0 aliphatic carbocycles. The molecule has 1 aromatic heterocycles. The van der Waals surface area contributed by atoms with Gasteiger partial charge in [0.1, 0.15) is 13.3 Å². The number of halogens is 2. The number of nitrogens with zero attached hydrogens (tertiary/aromatic N) is 2. The number of aromatic nitrogens is 1. The molecule has 1 heterocycles. The molecule has 1 N–H and O–H groups in total. The summed E-state index contributed by atoms with van der Waals surface area (Å²) in [5, 5.41) is 13.5. The second-order valence-electron chi connectivity index (χ2n) is 3.02. The minimum Gasteiger partial charge on any atom is -0.471 e. The molecule has 0 fully saturated rings. The van der Waals surface area contributed by atoms with Gasteiger partial charge in [-0.15, -0.1) is 0 Å². The molecule has 94 valence electrons. The molecule has 1 rings (SSSR count). The van der Waals surface area contributed by atoms with E-state index >= 15 is 0 Å². The normalized spacial score (nSPS) is 10.2. The second-order valence-corrected chi connectivity index (χ2v) is 3.94. The van der Waals surface area contributed by atoms with Gasteiger partial charge < -0.3 is 10.1 Å². The number of pyridine rings is 1. The molecule has 0 saturated heterocycles. The molecule has 0 aromatic carbocycles. The summed E-state index contributed by atoms with van der Waals surface area (Å²) in [6, 6.07) is 1.32. The monoisotopic (exact) mass is 307 g/mol. The summed E-state index contributed by atoms with van der Waals surface area (Å²) < 4.78 is 17.4. The van der Waals surface area contributed by atoms with Crippen molar-refractivity contribution in [3.63, 3.8) is 0 Å². The van der Waals surface area contributed by atoms with E-state index in [9.17, 15) is 14.5 Å². The van der Waals surface area contributed by atoms with E-state index in [2.05, 4.69) is 26.2 Å². The molecular weight excluding hydrogens is 297 g/mol. The van der Waals surface area contributed by atoms with E-state index < -0.39 is 11.6 Å². The van der Waals surface area contributed by atoms with Gasteiger partial charge in [-0.2, -0.15) is 0 Å². The number of hydrogen-bond donors (Lipinski definition) is 1. The molecule has 0 saturated carbocycles. The lowest BCUT2D eigenvalue weighted by atomic mass is 10.4. The van der Waals surface area contributed by atoms with Gasteiger partial charge in [-0.05, 0) is 15.9 Å². The topological polar surface area (TPSA) is 77.3 Å². The summed E-state index contributed by atoms with van der Waals surface area (Å²) in [4.78, 5) is 13.9. The minimum atomic E-state index is -0.567. The first kappa shape index (κ1) is 13.8. The number of alkyl halides is 1. The Labute approximate surface area is 105 Å². The Bertz CT molecular complexity index is 392. The van der Waals surface area contributed by atoms with Crippen molar-refractivity contribution in [1.82, 2.24) is 10.3 Å². The Balaban J connectivity index is 2.55. The van der Waals surface area contributed by atoms with Crippen molar-refractivity contribution in [2.45, 2.75) is 0 Å². The van der Waals surface area contributed by atoms with Crippen LogP contribution in [0.25, 0.3) is 0 Å². The number of nitro groups is 1. The quantitative estimate of drug-likeness (QED) is 0.471. The predicted molar refractivity (Wildman–Crippen MR) is 62.9 cm³/mol. The standard InChI is InChI=1S/C9H11BrFN3O3/c10-7-5-8(14(15)16)9(13-6-7)17-4-3-12-2-1-11/h5-6,12H,1-4H2. The van der Waals surface area contributed by atoms with Gasteiger partial charge in [0.2, 0.25) is 0 Å². The van der Waals surface area contributed by atoms with Gasteiger partial charge >= 0.3 is 5.69 Å². The number of ether oxygens (including phenoxy) is 1. The Morgan fingerprint density at radius 3 is 3.00 bits per heavy atom. The second kappa shape index (κ2) is 7.13. The number of rotatable bonds is 7. The predicted octanol–water partition coefficient (Wildman–Crippen LogP) is 1.69. The summed E-state index contributed by atoms with van der Waals surface area (Å²) in [5.74, 6) is -0.0414. The highest BCUT2D eigenvalue weighted by Gasteiger charge is 2.17. The van der Waals surface area contributed by atoms with Crippen LogP contribution in [0.5, 0.6) is 5.88 Å². The van der Waals surface area contributed by atoms with Crippen LogP contribution in [0.4, 0.5) is 10.1 Å². The average Bonchev–Trinajstić information content (AvgIpc) is 2.30. The first-order valence-corrected chi connectivity index (χ1v) is 5.64. The van der Waals surface area contributed by atoms with Crippen LogP contribution in [0, 0.1) is 10.1 Å². The van der Waals surface area contributed by atoms with Gasteiger partial charge in [0, 0.05) is 29.8 Å². The van der Waals surface area contributed by atoms with Crippen LogP contribution in [0.2, 0.25) is 0 Å². The van der Waals surface area contributed by atoms with E-state index in [-0.39, 0.29) is 24.7 Å². The summed E-state index contributed by atoms with van der Waals surface area (Å²) >= 11 is 3.09. The van der Waals surface area contributed by atoms with E-state index in [4.69, 9.17) is 4.74 Å². The molecule has 17 heavy (non-hydrogen) atoms. The molecule has 0 aliphatic rings. The van der Waals surface area contributed by atoms with Crippen molar-refractivity contribution < 1.29 is 14.1 Å². The summed E-state index contributed by atoms with van der Waals surface area (Å²) in [6.45, 7) is 0.365. The lowest BCUT2D eigenvalue weighted by molar-refractivity contribution is -0.386. The molecule has 0 radical (unpaired) electrons. The molecular formula is C9H11BrFN3O3. The zero-order chi connectivity index (χ0) is 12.7. The van der Waals surface area contributed by atoms with E-state index in [1.54, 1.807) is 0 Å². The lowest BCUT2D eigenvalue weighted by Crippen LogP contribution is -2.23. The molecule has 8 heteroatoms. The zero-order valence-electron chi connectivity index (χ0n) is 8.86. The maximum atomic E-state index is 11.7. The fraction of sp³-hybridized carbons (Fsp3) is 0.444. The summed E-state index contributed by atoms with van der Waals surface area (Å²) in [6.07, 6.45) is 1.41. The molecule has 0 aliphatic heterocycles. The van der Waals surface area contributed by atoms with Gasteiger partial charge in [0.15, 0.2) is 0 Å². The van der Waals surface area contributed by atoms with E-state index in [0.717, 1.165) is 0 Å². The highest BCUT2D eigenvalue weighted by molar-refractivity contribution is 9.10. The zero-order valence-corrected chi connectivity index (χ0v) is 10.4. The SMILES string of the molecule is O=[N+]([O-])c1cc(Br)cnc1OCCNCCF. The van der Waals surface area contributed by atoms with Crippen LogP contribution in [-0.4, -0.2) is 36.3 Å². The van der Waals surface area contributed by atoms with Crippen molar-refractivity contribution in [2.75, 3.05) is 26.4 Å². The smallest absolute Gasteiger partial charge is 0.332 e. The average molecular weight is 308 g/mol. The maximum absolute atomic E-state index is 11.7. The van der Waals surface area contributed by atoms with Gasteiger partial charge in [0.25, 0.3) is 5.88 Å². The minimum absolute atomic E-state index is 0.0414. The van der Waals surface area contributed by atoms with Crippen LogP contribution in [-0.2, 0) is 0 Å². The third kappa shape index (κ3) is 4.61.